The summed E-state index contributed by atoms with van der Waals surface area (Å²) in [4.78, 5) is 21.4. The highest BCUT2D eigenvalue weighted by molar-refractivity contribution is 5.85. The van der Waals surface area contributed by atoms with Gasteiger partial charge in [0.05, 0.1) is 30.7 Å². The van der Waals surface area contributed by atoms with Gasteiger partial charge in [-0.2, -0.15) is 0 Å². The first-order valence-corrected chi connectivity index (χ1v) is 5.95. The van der Waals surface area contributed by atoms with Crippen molar-refractivity contribution in [3.63, 3.8) is 0 Å². The fraction of sp³-hybridized carbons (Fsp3) is 0.417. The molecular formula is C12H16ClFN2O6. The first-order valence-electron chi connectivity index (χ1n) is 5.95. The minimum atomic E-state index is -2.28. The number of aromatic hydroxyl groups is 1. The number of carbonyl (C=O) groups excluding carboxylic acids is 1. The monoisotopic (exact) mass is 338 g/mol. The molecule has 0 bridgehead atoms. The topological polar surface area (TPSA) is 125 Å². The molecule has 2 atom stereocenters. The van der Waals surface area contributed by atoms with Crippen LogP contribution >= 0.6 is 12.4 Å². The van der Waals surface area contributed by atoms with E-state index in [1.54, 1.807) is 0 Å². The molecule has 0 aliphatic rings. The van der Waals surface area contributed by atoms with Crippen LogP contribution in [0.5, 0.6) is 11.5 Å². The van der Waals surface area contributed by atoms with Crippen LogP contribution in [0.3, 0.4) is 0 Å². The van der Waals surface area contributed by atoms with E-state index in [2.05, 4.69) is 4.74 Å². The molecule has 0 amide bonds. The third-order valence-electron chi connectivity index (χ3n) is 2.71. The predicted octanol–water partition coefficient (Wildman–Crippen LogP) is 1.63. The van der Waals surface area contributed by atoms with Crippen LogP contribution < -0.4 is 10.5 Å². The van der Waals surface area contributed by atoms with Crippen molar-refractivity contribution in [3.05, 3.63) is 27.8 Å². The average Bonchev–Trinajstić information content (AvgIpc) is 2.45. The van der Waals surface area contributed by atoms with Gasteiger partial charge in [0.25, 0.3) is 5.69 Å². The number of methoxy groups -OCH3 is 1. The van der Waals surface area contributed by atoms with Crippen molar-refractivity contribution in [2.45, 2.75) is 19.1 Å². The van der Waals surface area contributed by atoms with Crippen molar-refractivity contribution in [3.8, 4) is 11.5 Å². The summed E-state index contributed by atoms with van der Waals surface area (Å²) in [5, 5.41) is 20.7. The lowest BCUT2D eigenvalue weighted by atomic mass is 10.0. The van der Waals surface area contributed by atoms with Crippen molar-refractivity contribution < 1.29 is 28.7 Å². The van der Waals surface area contributed by atoms with Crippen molar-refractivity contribution >= 4 is 24.1 Å². The van der Waals surface area contributed by atoms with E-state index in [-0.39, 0.29) is 30.3 Å². The summed E-state index contributed by atoms with van der Waals surface area (Å²) < 4.78 is 23.1. The van der Waals surface area contributed by atoms with Crippen LogP contribution in [0.15, 0.2) is 12.1 Å². The lowest BCUT2D eigenvalue weighted by molar-refractivity contribution is -0.385. The largest absolute Gasteiger partial charge is 0.504 e. The van der Waals surface area contributed by atoms with Crippen LogP contribution in [0.25, 0.3) is 0 Å². The molecule has 124 valence electrons. The number of esters is 1. The SMILES string of the molecule is CCOC(=O)C(F)[C@H](N)c1cc([N+](=O)[O-])cc(OC)c1O.Cl. The smallest absolute Gasteiger partial charge is 0.342 e. The summed E-state index contributed by atoms with van der Waals surface area (Å²) in [7, 11) is 1.17. The van der Waals surface area contributed by atoms with Gasteiger partial charge in [0.2, 0.25) is 6.17 Å². The summed E-state index contributed by atoms with van der Waals surface area (Å²) >= 11 is 0. The first-order chi connectivity index (χ1) is 9.83. The van der Waals surface area contributed by atoms with Gasteiger partial charge < -0.3 is 20.3 Å². The van der Waals surface area contributed by atoms with E-state index >= 15 is 0 Å². The van der Waals surface area contributed by atoms with Gasteiger partial charge in [-0.1, -0.05) is 0 Å². The molecule has 1 aromatic rings. The van der Waals surface area contributed by atoms with Crippen LogP contribution in [0, 0.1) is 10.1 Å². The Morgan fingerprint density at radius 3 is 2.59 bits per heavy atom. The second-order valence-corrected chi connectivity index (χ2v) is 4.02. The Morgan fingerprint density at radius 1 is 1.55 bits per heavy atom. The van der Waals surface area contributed by atoms with Crippen molar-refractivity contribution in [1.82, 2.24) is 0 Å². The summed E-state index contributed by atoms with van der Waals surface area (Å²) in [5.74, 6) is -2.02. The van der Waals surface area contributed by atoms with E-state index < -0.39 is 34.5 Å². The third-order valence-corrected chi connectivity index (χ3v) is 2.71. The van der Waals surface area contributed by atoms with E-state index in [4.69, 9.17) is 10.5 Å². The number of carbonyl (C=O) groups is 1. The Kier molecular flexibility index (Phi) is 7.54. The fourth-order valence-electron chi connectivity index (χ4n) is 1.66. The lowest BCUT2D eigenvalue weighted by Crippen LogP contribution is -2.31. The van der Waals surface area contributed by atoms with Crippen LogP contribution in [-0.4, -0.2) is 35.9 Å². The van der Waals surface area contributed by atoms with Crippen molar-refractivity contribution in [1.29, 1.82) is 0 Å². The molecule has 0 saturated carbocycles. The zero-order chi connectivity index (χ0) is 16.2. The van der Waals surface area contributed by atoms with Crippen LogP contribution in [-0.2, 0) is 9.53 Å². The van der Waals surface area contributed by atoms with Crippen LogP contribution in [0.2, 0.25) is 0 Å². The van der Waals surface area contributed by atoms with Gasteiger partial charge in [-0.3, -0.25) is 10.1 Å². The van der Waals surface area contributed by atoms with Crippen molar-refractivity contribution in [2.24, 2.45) is 5.73 Å². The number of nitrogens with two attached hydrogens (primary N) is 1. The van der Waals surface area contributed by atoms with E-state index in [1.165, 1.54) is 14.0 Å². The number of hydrogen-bond acceptors (Lipinski definition) is 7. The Hall–Kier alpha value is -2.13. The number of halogens is 2. The molecule has 0 aliphatic carbocycles. The highest BCUT2D eigenvalue weighted by Gasteiger charge is 2.32. The number of benzene rings is 1. The normalized spacial score (nSPS) is 12.7. The molecule has 8 nitrogen and oxygen atoms in total. The minimum absolute atomic E-state index is 0. The molecule has 0 heterocycles. The quantitative estimate of drug-likeness (QED) is 0.458. The third kappa shape index (κ3) is 4.18. The van der Waals surface area contributed by atoms with E-state index in [0.717, 1.165) is 12.1 Å². The molecule has 0 fully saturated rings. The Balaban J connectivity index is 0.00000441. The standard InChI is InChI=1S/C12H15FN2O6.ClH/c1-3-21-12(17)9(13)10(14)7-4-6(15(18)19)5-8(20-2)11(7)16;/h4-5,9-10,16H,3,14H2,1-2H3;1H/t9?,10-;/m1./s1. The molecule has 1 unspecified atom stereocenters. The maximum atomic E-state index is 13.9. The number of hydrogen-bond donors (Lipinski definition) is 2. The van der Waals surface area contributed by atoms with Gasteiger partial charge in [-0.15, -0.1) is 12.4 Å². The van der Waals surface area contributed by atoms with E-state index in [1.807, 2.05) is 0 Å². The van der Waals surface area contributed by atoms with E-state index in [0.29, 0.717) is 0 Å². The summed E-state index contributed by atoms with van der Waals surface area (Å²) in [6, 6.07) is 0.218. The maximum absolute atomic E-state index is 13.9. The zero-order valence-electron chi connectivity index (χ0n) is 11.8. The molecule has 22 heavy (non-hydrogen) atoms. The number of nitro groups is 1. The number of rotatable bonds is 6. The fourth-order valence-corrected chi connectivity index (χ4v) is 1.66. The summed E-state index contributed by atoms with van der Waals surface area (Å²) in [6.45, 7) is 1.44. The Morgan fingerprint density at radius 2 is 2.14 bits per heavy atom. The van der Waals surface area contributed by atoms with Gasteiger partial charge >= 0.3 is 5.97 Å². The lowest BCUT2D eigenvalue weighted by Gasteiger charge is -2.18. The molecular weight excluding hydrogens is 323 g/mol. The zero-order valence-corrected chi connectivity index (χ0v) is 12.6. The molecule has 3 N–H and O–H groups in total. The van der Waals surface area contributed by atoms with Gasteiger partial charge in [0.1, 0.15) is 0 Å². The van der Waals surface area contributed by atoms with Crippen molar-refractivity contribution in [2.75, 3.05) is 13.7 Å². The highest BCUT2D eigenvalue weighted by Crippen LogP contribution is 2.38. The number of non-ortho nitro benzene ring substituents is 1. The molecule has 0 aromatic heterocycles. The number of nitro benzene ring substituents is 1. The number of phenolic OH excluding ortho intramolecular Hbond substituents is 1. The summed E-state index contributed by atoms with van der Waals surface area (Å²) in [5.41, 5.74) is 4.78. The number of ether oxygens (including phenoxy) is 2. The second-order valence-electron chi connectivity index (χ2n) is 4.02. The minimum Gasteiger partial charge on any atom is -0.504 e. The molecule has 10 heteroatoms. The van der Waals surface area contributed by atoms with Crippen LogP contribution in [0.1, 0.15) is 18.5 Å². The molecule has 1 aromatic carbocycles. The Bertz CT molecular complexity index is 557. The molecule has 0 aliphatic heterocycles. The van der Waals surface area contributed by atoms with Gasteiger partial charge in [0.15, 0.2) is 11.5 Å². The van der Waals surface area contributed by atoms with Gasteiger partial charge in [-0.05, 0) is 6.92 Å². The Labute approximate surface area is 131 Å². The average molecular weight is 339 g/mol. The van der Waals surface area contributed by atoms with E-state index in [9.17, 15) is 24.4 Å². The second kappa shape index (κ2) is 8.35. The maximum Gasteiger partial charge on any atom is 0.342 e. The molecule has 0 saturated heterocycles. The summed E-state index contributed by atoms with van der Waals surface area (Å²) in [6.07, 6.45) is -2.28. The number of alkyl halides is 1. The molecule has 0 spiro atoms. The predicted molar refractivity (Wildman–Crippen MR) is 77.0 cm³/mol. The molecule has 1 rings (SSSR count). The van der Waals surface area contributed by atoms with Gasteiger partial charge in [-0.25, -0.2) is 9.18 Å². The number of nitrogens with zero attached hydrogens (tertiary/aromatic N) is 1. The first kappa shape index (κ1) is 19.9. The highest BCUT2D eigenvalue weighted by atomic mass is 35.5. The molecule has 0 radical (unpaired) electrons. The van der Waals surface area contributed by atoms with Gasteiger partial charge in [0, 0.05) is 11.6 Å². The number of phenols is 1. The van der Waals surface area contributed by atoms with Crippen LogP contribution in [0.4, 0.5) is 10.1 Å².